The molecular formula is C8H17NO3. The van der Waals surface area contributed by atoms with Crippen molar-refractivity contribution in [1.29, 1.82) is 0 Å². The lowest BCUT2D eigenvalue weighted by Gasteiger charge is -2.24. The zero-order chi connectivity index (χ0) is 9.30. The molecule has 0 spiro atoms. The second kappa shape index (κ2) is 3.70. The SMILES string of the molecule is CC(C)C(N)C1OCC(O)C1O. The number of ether oxygens (including phenoxy) is 1. The summed E-state index contributed by atoms with van der Waals surface area (Å²) in [7, 11) is 0. The summed E-state index contributed by atoms with van der Waals surface area (Å²) >= 11 is 0. The van der Waals surface area contributed by atoms with Crippen molar-refractivity contribution in [2.45, 2.75) is 38.2 Å². The predicted molar refractivity (Wildman–Crippen MR) is 44.6 cm³/mol. The van der Waals surface area contributed by atoms with Crippen molar-refractivity contribution in [2.24, 2.45) is 11.7 Å². The first-order valence-electron chi connectivity index (χ1n) is 4.27. The van der Waals surface area contributed by atoms with Crippen LogP contribution >= 0.6 is 0 Å². The van der Waals surface area contributed by atoms with Gasteiger partial charge in [0.15, 0.2) is 0 Å². The average molecular weight is 175 g/mol. The molecule has 0 aromatic heterocycles. The highest BCUT2D eigenvalue weighted by Gasteiger charge is 2.39. The maximum atomic E-state index is 9.42. The second-order valence-corrected chi connectivity index (χ2v) is 3.68. The molecule has 0 amide bonds. The fourth-order valence-corrected chi connectivity index (χ4v) is 1.34. The molecule has 0 aromatic rings. The van der Waals surface area contributed by atoms with Crippen LogP contribution in [0, 0.1) is 5.92 Å². The van der Waals surface area contributed by atoms with Gasteiger partial charge in [-0.3, -0.25) is 0 Å². The van der Waals surface area contributed by atoms with Crippen LogP contribution in [0.2, 0.25) is 0 Å². The molecule has 1 fully saturated rings. The summed E-state index contributed by atoms with van der Waals surface area (Å²) in [5, 5.41) is 18.6. The summed E-state index contributed by atoms with van der Waals surface area (Å²) < 4.78 is 5.18. The standard InChI is InChI=1S/C8H17NO3/c1-4(2)6(9)8-7(11)5(10)3-12-8/h4-8,10-11H,3,9H2,1-2H3. The van der Waals surface area contributed by atoms with E-state index >= 15 is 0 Å². The van der Waals surface area contributed by atoms with Gasteiger partial charge in [0.2, 0.25) is 0 Å². The number of nitrogens with two attached hydrogens (primary N) is 1. The van der Waals surface area contributed by atoms with Gasteiger partial charge >= 0.3 is 0 Å². The van der Waals surface area contributed by atoms with Gasteiger partial charge in [-0.05, 0) is 5.92 Å². The summed E-state index contributed by atoms with van der Waals surface area (Å²) in [5.41, 5.74) is 5.78. The molecule has 0 aliphatic carbocycles. The third-order valence-electron chi connectivity index (χ3n) is 2.34. The number of hydrogen-bond donors (Lipinski definition) is 3. The van der Waals surface area contributed by atoms with Gasteiger partial charge in [0, 0.05) is 6.04 Å². The van der Waals surface area contributed by atoms with Gasteiger partial charge in [0.05, 0.1) is 6.61 Å². The first-order chi connectivity index (χ1) is 5.54. The molecule has 1 saturated heterocycles. The Morgan fingerprint density at radius 2 is 2.00 bits per heavy atom. The fraction of sp³-hybridized carbons (Fsp3) is 1.00. The van der Waals surface area contributed by atoms with E-state index in [1.165, 1.54) is 0 Å². The Bertz CT molecular complexity index is 151. The summed E-state index contributed by atoms with van der Waals surface area (Å²) in [6.45, 7) is 4.11. The molecule has 1 aliphatic heterocycles. The van der Waals surface area contributed by atoms with Gasteiger partial charge < -0.3 is 20.7 Å². The van der Waals surface area contributed by atoms with Crippen LogP contribution in [0.3, 0.4) is 0 Å². The van der Waals surface area contributed by atoms with Crippen molar-refractivity contribution in [3.63, 3.8) is 0 Å². The molecule has 4 heteroatoms. The minimum absolute atomic E-state index is 0.187. The molecule has 0 aromatic carbocycles. The number of aliphatic hydroxyl groups excluding tert-OH is 2. The van der Waals surface area contributed by atoms with Crippen LogP contribution in [0.4, 0.5) is 0 Å². The van der Waals surface area contributed by atoms with Crippen LogP contribution in [-0.2, 0) is 4.74 Å². The number of hydrogen-bond acceptors (Lipinski definition) is 4. The van der Waals surface area contributed by atoms with Crippen molar-refractivity contribution < 1.29 is 14.9 Å². The third kappa shape index (κ3) is 1.77. The number of aliphatic hydroxyl groups is 2. The first kappa shape index (κ1) is 9.92. The van der Waals surface area contributed by atoms with Crippen LogP contribution < -0.4 is 5.73 Å². The van der Waals surface area contributed by atoms with Gasteiger partial charge in [-0.1, -0.05) is 13.8 Å². The largest absolute Gasteiger partial charge is 0.388 e. The summed E-state index contributed by atoms with van der Waals surface area (Å²) in [4.78, 5) is 0. The van der Waals surface area contributed by atoms with E-state index in [9.17, 15) is 5.11 Å². The molecule has 4 N–H and O–H groups in total. The smallest absolute Gasteiger partial charge is 0.110 e. The van der Waals surface area contributed by atoms with Crippen molar-refractivity contribution in [3.8, 4) is 0 Å². The molecule has 0 bridgehead atoms. The monoisotopic (exact) mass is 175 g/mol. The van der Waals surface area contributed by atoms with Gasteiger partial charge in [0.1, 0.15) is 18.3 Å². The lowest BCUT2D eigenvalue weighted by Crippen LogP contribution is -2.46. The van der Waals surface area contributed by atoms with E-state index < -0.39 is 18.3 Å². The van der Waals surface area contributed by atoms with Crippen LogP contribution in [0.15, 0.2) is 0 Å². The van der Waals surface area contributed by atoms with Crippen LogP contribution in [0.1, 0.15) is 13.8 Å². The molecular weight excluding hydrogens is 158 g/mol. The maximum absolute atomic E-state index is 9.42. The maximum Gasteiger partial charge on any atom is 0.110 e. The van der Waals surface area contributed by atoms with E-state index in [0.717, 1.165) is 0 Å². The molecule has 1 rings (SSSR count). The molecule has 4 unspecified atom stereocenters. The highest BCUT2D eigenvalue weighted by Crippen LogP contribution is 2.19. The van der Waals surface area contributed by atoms with Gasteiger partial charge in [-0.15, -0.1) is 0 Å². The summed E-state index contributed by atoms with van der Waals surface area (Å²) in [6, 6.07) is -0.211. The highest BCUT2D eigenvalue weighted by atomic mass is 16.5. The Labute approximate surface area is 72.3 Å². The quantitative estimate of drug-likeness (QED) is 0.508. The van der Waals surface area contributed by atoms with E-state index in [1.54, 1.807) is 0 Å². The lowest BCUT2D eigenvalue weighted by molar-refractivity contribution is 0.00279. The molecule has 0 radical (unpaired) electrons. The van der Waals surface area contributed by atoms with Gasteiger partial charge in [0.25, 0.3) is 0 Å². The van der Waals surface area contributed by atoms with Crippen LogP contribution in [-0.4, -0.2) is 41.2 Å². The van der Waals surface area contributed by atoms with E-state index in [-0.39, 0.29) is 18.6 Å². The average Bonchev–Trinajstić information content (AvgIpc) is 2.32. The Balaban J connectivity index is 2.53. The third-order valence-corrected chi connectivity index (χ3v) is 2.34. The second-order valence-electron chi connectivity index (χ2n) is 3.68. The Morgan fingerprint density at radius 1 is 1.42 bits per heavy atom. The normalized spacial score (nSPS) is 39.0. The Kier molecular flexibility index (Phi) is 3.06. The lowest BCUT2D eigenvalue weighted by atomic mass is 9.95. The molecule has 12 heavy (non-hydrogen) atoms. The van der Waals surface area contributed by atoms with E-state index in [4.69, 9.17) is 15.6 Å². The molecule has 4 nitrogen and oxygen atoms in total. The van der Waals surface area contributed by atoms with Gasteiger partial charge in [-0.25, -0.2) is 0 Å². The Hall–Kier alpha value is -0.160. The highest BCUT2D eigenvalue weighted by molar-refractivity contribution is 4.90. The summed E-state index contributed by atoms with van der Waals surface area (Å²) in [5.74, 6) is 0.245. The number of rotatable bonds is 2. The van der Waals surface area contributed by atoms with Crippen molar-refractivity contribution >= 4 is 0 Å². The van der Waals surface area contributed by atoms with E-state index in [0.29, 0.717) is 0 Å². The fourth-order valence-electron chi connectivity index (χ4n) is 1.34. The first-order valence-corrected chi connectivity index (χ1v) is 4.27. The molecule has 1 heterocycles. The Morgan fingerprint density at radius 3 is 2.33 bits per heavy atom. The summed E-state index contributed by atoms with van der Waals surface area (Å²) in [6.07, 6.45) is -2.03. The molecule has 0 saturated carbocycles. The van der Waals surface area contributed by atoms with Crippen molar-refractivity contribution in [2.75, 3.05) is 6.61 Å². The van der Waals surface area contributed by atoms with Crippen LogP contribution in [0.25, 0.3) is 0 Å². The zero-order valence-corrected chi connectivity index (χ0v) is 7.47. The molecule has 1 aliphatic rings. The van der Waals surface area contributed by atoms with Crippen LogP contribution in [0.5, 0.6) is 0 Å². The van der Waals surface area contributed by atoms with E-state index in [1.807, 2.05) is 13.8 Å². The topological polar surface area (TPSA) is 75.7 Å². The zero-order valence-electron chi connectivity index (χ0n) is 7.47. The molecule has 4 atom stereocenters. The minimum atomic E-state index is -0.831. The van der Waals surface area contributed by atoms with Crippen molar-refractivity contribution in [1.82, 2.24) is 0 Å². The molecule has 72 valence electrons. The van der Waals surface area contributed by atoms with E-state index in [2.05, 4.69) is 0 Å². The van der Waals surface area contributed by atoms with Crippen molar-refractivity contribution in [3.05, 3.63) is 0 Å². The minimum Gasteiger partial charge on any atom is -0.388 e. The van der Waals surface area contributed by atoms with Gasteiger partial charge in [-0.2, -0.15) is 0 Å². The predicted octanol–water partition coefficient (Wildman–Crippen LogP) is -0.910.